The van der Waals surface area contributed by atoms with Crippen molar-refractivity contribution in [3.8, 4) is 23.1 Å². The van der Waals surface area contributed by atoms with E-state index in [1.807, 2.05) is 39.0 Å². The SMILES string of the molecule is CCOc1ccc(C)cc1-c1nc2sc(C)nn2c1C#N. The van der Waals surface area contributed by atoms with Gasteiger partial charge in [0.2, 0.25) is 4.96 Å². The fraction of sp³-hybridized carbons (Fsp3) is 0.267. The van der Waals surface area contributed by atoms with Gasteiger partial charge in [-0.15, -0.1) is 0 Å². The number of ether oxygens (including phenoxy) is 1. The highest BCUT2D eigenvalue weighted by molar-refractivity contribution is 7.16. The average Bonchev–Trinajstić information content (AvgIpc) is 2.96. The van der Waals surface area contributed by atoms with Gasteiger partial charge in [-0.25, -0.2) is 4.98 Å². The molecule has 6 heteroatoms. The molecule has 0 saturated heterocycles. The Hall–Kier alpha value is -2.39. The maximum absolute atomic E-state index is 9.48. The fourth-order valence-electron chi connectivity index (χ4n) is 2.24. The first-order valence-electron chi connectivity index (χ1n) is 6.64. The first-order chi connectivity index (χ1) is 10.1. The molecule has 0 aliphatic rings. The summed E-state index contributed by atoms with van der Waals surface area (Å²) in [6.07, 6.45) is 0. The molecule has 0 fully saturated rings. The van der Waals surface area contributed by atoms with Crippen LogP contribution in [0.1, 0.15) is 23.2 Å². The molecule has 0 N–H and O–H groups in total. The van der Waals surface area contributed by atoms with Gasteiger partial charge >= 0.3 is 0 Å². The number of hydrogen-bond donors (Lipinski definition) is 0. The molecule has 0 saturated carbocycles. The van der Waals surface area contributed by atoms with E-state index in [-0.39, 0.29) is 0 Å². The van der Waals surface area contributed by atoms with Crippen LogP contribution >= 0.6 is 11.3 Å². The predicted molar refractivity (Wildman–Crippen MR) is 81.7 cm³/mol. The second kappa shape index (κ2) is 5.19. The van der Waals surface area contributed by atoms with Gasteiger partial charge in [-0.05, 0) is 32.9 Å². The van der Waals surface area contributed by atoms with Crippen LogP contribution in [0.2, 0.25) is 0 Å². The van der Waals surface area contributed by atoms with Crippen LogP contribution in [0.3, 0.4) is 0 Å². The lowest BCUT2D eigenvalue weighted by molar-refractivity contribution is 0.341. The quantitative estimate of drug-likeness (QED) is 0.744. The number of benzene rings is 1. The summed E-state index contributed by atoms with van der Waals surface area (Å²) in [6.45, 7) is 6.41. The van der Waals surface area contributed by atoms with Gasteiger partial charge in [0.1, 0.15) is 22.5 Å². The molecule has 0 unspecified atom stereocenters. The Morgan fingerprint density at radius 2 is 2.19 bits per heavy atom. The van der Waals surface area contributed by atoms with E-state index in [1.54, 1.807) is 4.52 Å². The normalized spacial score (nSPS) is 10.8. The van der Waals surface area contributed by atoms with E-state index in [0.29, 0.717) is 18.0 Å². The van der Waals surface area contributed by atoms with Gasteiger partial charge in [0.25, 0.3) is 0 Å². The highest BCUT2D eigenvalue weighted by atomic mass is 32.1. The maximum atomic E-state index is 9.48. The Morgan fingerprint density at radius 1 is 1.38 bits per heavy atom. The van der Waals surface area contributed by atoms with E-state index in [0.717, 1.165) is 26.8 Å². The van der Waals surface area contributed by atoms with Crippen molar-refractivity contribution in [1.29, 1.82) is 5.26 Å². The van der Waals surface area contributed by atoms with E-state index in [1.165, 1.54) is 11.3 Å². The minimum atomic E-state index is 0.445. The summed E-state index contributed by atoms with van der Waals surface area (Å²) in [5, 5.41) is 14.7. The van der Waals surface area contributed by atoms with Crippen LogP contribution in [0.5, 0.6) is 5.75 Å². The summed E-state index contributed by atoms with van der Waals surface area (Å²) >= 11 is 1.47. The lowest BCUT2D eigenvalue weighted by Gasteiger charge is -2.09. The van der Waals surface area contributed by atoms with Crippen molar-refractivity contribution >= 4 is 16.3 Å². The third-order valence-corrected chi connectivity index (χ3v) is 3.92. The molecule has 0 radical (unpaired) electrons. The number of nitriles is 1. The Balaban J connectivity index is 2.27. The summed E-state index contributed by atoms with van der Waals surface area (Å²) in [6, 6.07) is 8.11. The van der Waals surface area contributed by atoms with E-state index < -0.39 is 0 Å². The molecule has 0 aliphatic carbocycles. The third-order valence-electron chi connectivity index (χ3n) is 3.10. The molecule has 106 valence electrons. The molecule has 1 aromatic carbocycles. The number of imidazole rings is 1. The molecule has 0 amide bonds. The number of nitrogens with zero attached hydrogens (tertiary/aromatic N) is 4. The topological polar surface area (TPSA) is 63.2 Å². The zero-order valence-corrected chi connectivity index (χ0v) is 12.9. The third kappa shape index (κ3) is 2.26. The smallest absolute Gasteiger partial charge is 0.213 e. The van der Waals surface area contributed by atoms with Gasteiger partial charge in [0.15, 0.2) is 5.69 Å². The van der Waals surface area contributed by atoms with E-state index in [2.05, 4.69) is 16.2 Å². The zero-order valence-electron chi connectivity index (χ0n) is 12.0. The van der Waals surface area contributed by atoms with Gasteiger partial charge in [-0.3, -0.25) is 0 Å². The molecule has 2 heterocycles. The van der Waals surface area contributed by atoms with Crippen LogP contribution in [0.25, 0.3) is 16.2 Å². The molecule has 5 nitrogen and oxygen atoms in total. The second-order valence-corrected chi connectivity index (χ2v) is 5.83. The lowest BCUT2D eigenvalue weighted by atomic mass is 10.1. The zero-order chi connectivity index (χ0) is 15.0. The molecule has 0 spiro atoms. The molecular formula is C15H14N4OS. The summed E-state index contributed by atoms with van der Waals surface area (Å²) in [4.78, 5) is 5.30. The summed E-state index contributed by atoms with van der Waals surface area (Å²) < 4.78 is 7.27. The van der Waals surface area contributed by atoms with Crippen LogP contribution in [0.4, 0.5) is 0 Å². The first-order valence-corrected chi connectivity index (χ1v) is 7.45. The van der Waals surface area contributed by atoms with Gasteiger partial charge in [-0.2, -0.15) is 14.9 Å². The van der Waals surface area contributed by atoms with Gasteiger partial charge in [0, 0.05) is 5.56 Å². The molecule has 3 rings (SSSR count). The van der Waals surface area contributed by atoms with Crippen molar-refractivity contribution in [2.24, 2.45) is 0 Å². The highest BCUT2D eigenvalue weighted by Gasteiger charge is 2.20. The van der Waals surface area contributed by atoms with Crippen molar-refractivity contribution in [1.82, 2.24) is 14.6 Å². The van der Waals surface area contributed by atoms with Crippen molar-refractivity contribution < 1.29 is 4.74 Å². The van der Waals surface area contributed by atoms with Gasteiger partial charge in [0.05, 0.1) is 6.61 Å². The van der Waals surface area contributed by atoms with Crippen LogP contribution < -0.4 is 4.74 Å². The average molecular weight is 298 g/mol. The highest BCUT2D eigenvalue weighted by Crippen LogP contribution is 2.34. The Labute approximate surface area is 126 Å². The van der Waals surface area contributed by atoms with E-state index in [9.17, 15) is 5.26 Å². The summed E-state index contributed by atoms with van der Waals surface area (Å²) in [7, 11) is 0. The van der Waals surface area contributed by atoms with Crippen LogP contribution in [-0.2, 0) is 0 Å². The molecule has 0 bridgehead atoms. The van der Waals surface area contributed by atoms with Crippen LogP contribution in [-0.4, -0.2) is 21.2 Å². The molecule has 2 aromatic heterocycles. The number of hydrogen-bond acceptors (Lipinski definition) is 5. The van der Waals surface area contributed by atoms with Crippen molar-refractivity contribution in [2.75, 3.05) is 6.61 Å². The Bertz CT molecular complexity index is 857. The van der Waals surface area contributed by atoms with Crippen LogP contribution in [0, 0.1) is 25.2 Å². The fourth-order valence-corrected chi connectivity index (χ4v) is 2.98. The summed E-state index contributed by atoms with van der Waals surface area (Å²) in [5.41, 5.74) is 3.01. The summed E-state index contributed by atoms with van der Waals surface area (Å²) in [5.74, 6) is 0.738. The first kappa shape index (κ1) is 13.6. The number of rotatable bonds is 3. The minimum absolute atomic E-state index is 0.445. The maximum Gasteiger partial charge on any atom is 0.213 e. The lowest BCUT2D eigenvalue weighted by Crippen LogP contribution is -1.96. The number of fused-ring (bicyclic) bond motifs is 1. The van der Waals surface area contributed by atoms with Crippen molar-refractivity contribution in [2.45, 2.75) is 20.8 Å². The second-order valence-electron chi connectivity index (χ2n) is 4.67. The standard InChI is InChI=1S/C15H14N4OS/c1-4-20-13-6-5-9(2)7-11(13)14-12(8-16)19-15(17-14)21-10(3)18-19/h5-7H,4H2,1-3H3. The van der Waals surface area contributed by atoms with E-state index in [4.69, 9.17) is 4.74 Å². The minimum Gasteiger partial charge on any atom is -0.493 e. The predicted octanol–water partition coefficient (Wildman–Crippen LogP) is 3.35. The molecule has 0 atom stereocenters. The van der Waals surface area contributed by atoms with Crippen molar-refractivity contribution in [3.63, 3.8) is 0 Å². The Morgan fingerprint density at radius 3 is 2.90 bits per heavy atom. The monoisotopic (exact) mass is 298 g/mol. The van der Waals surface area contributed by atoms with Gasteiger partial charge < -0.3 is 4.74 Å². The Kier molecular flexibility index (Phi) is 3.35. The van der Waals surface area contributed by atoms with Gasteiger partial charge in [-0.1, -0.05) is 23.0 Å². The molecular weight excluding hydrogens is 284 g/mol. The van der Waals surface area contributed by atoms with E-state index >= 15 is 0 Å². The van der Waals surface area contributed by atoms with Crippen LogP contribution in [0.15, 0.2) is 18.2 Å². The molecule has 21 heavy (non-hydrogen) atoms. The number of aryl methyl sites for hydroxylation is 2. The molecule has 0 aliphatic heterocycles. The number of aromatic nitrogens is 3. The largest absolute Gasteiger partial charge is 0.493 e. The molecule has 3 aromatic rings. The van der Waals surface area contributed by atoms with Crippen molar-refractivity contribution in [3.05, 3.63) is 34.5 Å².